The molecule has 0 spiro atoms. The molecule has 1 rings (SSSR count). The van der Waals surface area contributed by atoms with Crippen LogP contribution in [0.25, 0.3) is 0 Å². The number of aliphatic carboxylic acids is 2. The summed E-state index contributed by atoms with van der Waals surface area (Å²) in [4.78, 5) is 34.8. The number of hydrogen-bond donors (Lipinski definition) is 3. The van der Waals surface area contributed by atoms with Crippen LogP contribution in [0.3, 0.4) is 0 Å². The molecule has 0 saturated carbocycles. The Hall–Kier alpha value is -2.20. The van der Waals surface area contributed by atoms with Crippen molar-refractivity contribution in [1.82, 2.24) is 5.32 Å². The van der Waals surface area contributed by atoms with Crippen LogP contribution in [0.1, 0.15) is 23.2 Å². The van der Waals surface area contributed by atoms with Gasteiger partial charge in [0.15, 0.2) is 17.5 Å². The third kappa shape index (κ3) is 6.16. The number of alkyl halides is 2. The van der Waals surface area contributed by atoms with Crippen LogP contribution in [0.5, 0.6) is 0 Å². The standard InChI is InChI=1S/C16H17Cl2F3N2O5/c17-3-5-23(6-4-18)14-9(19)7-8(12(20)13(14)21)15(26)22-10(16(27)28)1-2-11(24)25/h7,10H,1-6H2,(H,22,26)(H,24,25)(H,27,28)/t10-/m0/s1. The van der Waals surface area contributed by atoms with Crippen molar-refractivity contribution in [1.29, 1.82) is 0 Å². The summed E-state index contributed by atoms with van der Waals surface area (Å²) in [7, 11) is 0. The molecule has 0 aliphatic heterocycles. The largest absolute Gasteiger partial charge is 0.481 e. The number of carboxylic acid groups (broad SMARTS) is 2. The Kier molecular flexibility index (Phi) is 9.33. The van der Waals surface area contributed by atoms with Gasteiger partial charge in [-0.3, -0.25) is 9.59 Å². The molecule has 28 heavy (non-hydrogen) atoms. The normalized spacial score (nSPS) is 11.8. The van der Waals surface area contributed by atoms with Crippen LogP contribution in [0.2, 0.25) is 0 Å². The van der Waals surface area contributed by atoms with Gasteiger partial charge in [-0.15, -0.1) is 23.2 Å². The quantitative estimate of drug-likeness (QED) is 0.357. The molecule has 1 aromatic carbocycles. The van der Waals surface area contributed by atoms with E-state index in [0.29, 0.717) is 6.07 Å². The summed E-state index contributed by atoms with van der Waals surface area (Å²) in [6, 6.07) is -1.26. The van der Waals surface area contributed by atoms with E-state index in [9.17, 15) is 27.6 Å². The highest BCUT2D eigenvalue weighted by Crippen LogP contribution is 2.28. The molecule has 1 atom stereocenters. The first-order valence-electron chi connectivity index (χ1n) is 7.93. The van der Waals surface area contributed by atoms with Crippen LogP contribution >= 0.6 is 23.2 Å². The number of nitrogens with one attached hydrogen (secondary N) is 1. The van der Waals surface area contributed by atoms with E-state index in [1.807, 2.05) is 5.32 Å². The Bertz CT molecular complexity index is 745. The summed E-state index contributed by atoms with van der Waals surface area (Å²) in [6.45, 7) is -0.0766. The second-order valence-electron chi connectivity index (χ2n) is 5.54. The first-order valence-corrected chi connectivity index (χ1v) is 9.00. The van der Waals surface area contributed by atoms with Crippen LogP contribution in [-0.4, -0.2) is 59.0 Å². The zero-order valence-corrected chi connectivity index (χ0v) is 15.9. The number of benzene rings is 1. The van der Waals surface area contributed by atoms with Gasteiger partial charge in [-0.1, -0.05) is 0 Å². The fourth-order valence-electron chi connectivity index (χ4n) is 2.34. The van der Waals surface area contributed by atoms with E-state index in [1.54, 1.807) is 0 Å². The number of nitrogens with zero attached hydrogens (tertiary/aromatic N) is 1. The van der Waals surface area contributed by atoms with Crippen LogP contribution in [0.15, 0.2) is 6.07 Å². The minimum atomic E-state index is -1.69. The molecule has 0 aliphatic rings. The molecule has 0 aromatic heterocycles. The molecule has 0 aliphatic carbocycles. The van der Waals surface area contributed by atoms with Crippen molar-refractivity contribution in [3.63, 3.8) is 0 Å². The second-order valence-corrected chi connectivity index (χ2v) is 6.30. The summed E-state index contributed by atoms with van der Waals surface area (Å²) in [5, 5.41) is 19.5. The van der Waals surface area contributed by atoms with Crippen LogP contribution in [0, 0.1) is 17.5 Å². The third-order valence-corrected chi connectivity index (χ3v) is 3.99. The van der Waals surface area contributed by atoms with Crippen molar-refractivity contribution in [3.05, 3.63) is 29.1 Å². The fraction of sp³-hybridized carbons (Fsp3) is 0.438. The molecule has 0 unspecified atom stereocenters. The Balaban J connectivity index is 3.19. The van der Waals surface area contributed by atoms with Gasteiger partial charge in [0, 0.05) is 31.3 Å². The lowest BCUT2D eigenvalue weighted by atomic mass is 10.1. The number of halogens is 5. The van der Waals surface area contributed by atoms with E-state index in [1.165, 1.54) is 0 Å². The zero-order chi connectivity index (χ0) is 21.4. The first kappa shape index (κ1) is 23.8. The molecule has 1 amide bonds. The van der Waals surface area contributed by atoms with Crippen molar-refractivity contribution in [2.75, 3.05) is 29.7 Å². The number of rotatable bonds is 11. The van der Waals surface area contributed by atoms with Crippen molar-refractivity contribution in [3.8, 4) is 0 Å². The minimum Gasteiger partial charge on any atom is -0.481 e. The van der Waals surface area contributed by atoms with Gasteiger partial charge < -0.3 is 20.4 Å². The van der Waals surface area contributed by atoms with Crippen molar-refractivity contribution in [2.24, 2.45) is 0 Å². The number of carbonyl (C=O) groups excluding carboxylic acids is 1. The van der Waals surface area contributed by atoms with Crippen molar-refractivity contribution < 1.29 is 37.8 Å². The van der Waals surface area contributed by atoms with E-state index < -0.39 is 65.4 Å². The molecule has 0 fully saturated rings. The number of carbonyl (C=O) groups is 3. The molecule has 156 valence electrons. The number of anilines is 1. The highest BCUT2D eigenvalue weighted by atomic mass is 35.5. The van der Waals surface area contributed by atoms with Gasteiger partial charge in [0.25, 0.3) is 5.91 Å². The molecule has 0 bridgehead atoms. The van der Waals surface area contributed by atoms with Gasteiger partial charge in [-0.2, -0.15) is 0 Å². The zero-order valence-electron chi connectivity index (χ0n) is 14.4. The van der Waals surface area contributed by atoms with Gasteiger partial charge >= 0.3 is 11.9 Å². The monoisotopic (exact) mass is 444 g/mol. The maximum atomic E-state index is 14.4. The molecule has 0 radical (unpaired) electrons. The summed E-state index contributed by atoms with van der Waals surface area (Å²) in [5.74, 6) is -8.96. The topological polar surface area (TPSA) is 107 Å². The van der Waals surface area contributed by atoms with Gasteiger partial charge in [0.2, 0.25) is 0 Å². The number of hydrogen-bond acceptors (Lipinski definition) is 4. The van der Waals surface area contributed by atoms with Crippen molar-refractivity contribution in [2.45, 2.75) is 18.9 Å². The average molecular weight is 445 g/mol. The molecular weight excluding hydrogens is 428 g/mol. The van der Waals surface area contributed by atoms with Gasteiger partial charge in [0.05, 0.1) is 5.56 Å². The smallest absolute Gasteiger partial charge is 0.326 e. The predicted octanol–water partition coefficient (Wildman–Crippen LogP) is 2.44. The lowest BCUT2D eigenvalue weighted by Crippen LogP contribution is -2.41. The average Bonchev–Trinajstić information content (AvgIpc) is 2.61. The Morgan fingerprint density at radius 1 is 1.07 bits per heavy atom. The van der Waals surface area contributed by atoms with E-state index in [4.69, 9.17) is 33.4 Å². The SMILES string of the molecule is O=C(O)CC[C@H](NC(=O)c1cc(F)c(N(CCCl)CCCl)c(F)c1F)C(=O)O. The summed E-state index contributed by atoms with van der Waals surface area (Å²) < 4.78 is 43.2. The molecule has 0 heterocycles. The maximum Gasteiger partial charge on any atom is 0.326 e. The summed E-state index contributed by atoms with van der Waals surface area (Å²) >= 11 is 11.1. The molecule has 7 nitrogen and oxygen atoms in total. The maximum absolute atomic E-state index is 14.4. The Morgan fingerprint density at radius 3 is 2.11 bits per heavy atom. The number of amides is 1. The van der Waals surface area contributed by atoms with Gasteiger partial charge in [-0.25, -0.2) is 18.0 Å². The van der Waals surface area contributed by atoms with Crippen LogP contribution in [0.4, 0.5) is 18.9 Å². The van der Waals surface area contributed by atoms with Gasteiger partial charge in [-0.05, 0) is 12.5 Å². The molecule has 3 N–H and O–H groups in total. The molecule has 1 aromatic rings. The summed E-state index contributed by atoms with van der Waals surface area (Å²) in [6.07, 6.45) is -1.09. The lowest BCUT2D eigenvalue weighted by Gasteiger charge is -2.24. The molecule has 0 saturated heterocycles. The number of carboxylic acids is 2. The van der Waals surface area contributed by atoms with Gasteiger partial charge in [0.1, 0.15) is 11.7 Å². The Labute approximate surface area is 168 Å². The highest BCUT2D eigenvalue weighted by Gasteiger charge is 2.28. The highest BCUT2D eigenvalue weighted by molar-refractivity contribution is 6.18. The molecule has 12 heteroatoms. The Morgan fingerprint density at radius 2 is 1.64 bits per heavy atom. The van der Waals surface area contributed by atoms with Crippen LogP contribution < -0.4 is 10.2 Å². The third-order valence-electron chi connectivity index (χ3n) is 3.65. The molecular formula is C16H17Cl2F3N2O5. The lowest BCUT2D eigenvalue weighted by molar-refractivity contribution is -0.140. The van der Waals surface area contributed by atoms with E-state index in [0.717, 1.165) is 4.90 Å². The van der Waals surface area contributed by atoms with E-state index in [-0.39, 0.29) is 24.8 Å². The predicted molar refractivity (Wildman–Crippen MR) is 95.7 cm³/mol. The fourth-order valence-corrected chi connectivity index (χ4v) is 2.75. The first-order chi connectivity index (χ1) is 13.1. The minimum absolute atomic E-state index is 0.0243. The summed E-state index contributed by atoms with van der Waals surface area (Å²) in [5.41, 5.74) is -1.81. The second kappa shape index (κ2) is 11.0. The van der Waals surface area contributed by atoms with E-state index >= 15 is 0 Å². The van der Waals surface area contributed by atoms with Crippen molar-refractivity contribution >= 4 is 46.7 Å². The van der Waals surface area contributed by atoms with Crippen LogP contribution in [-0.2, 0) is 9.59 Å². The van der Waals surface area contributed by atoms with E-state index in [2.05, 4.69) is 0 Å².